The quantitative estimate of drug-likeness (QED) is 0.381. The van der Waals surface area contributed by atoms with E-state index in [-0.39, 0.29) is 53.1 Å². The summed E-state index contributed by atoms with van der Waals surface area (Å²) in [6, 6.07) is 7.05. The predicted octanol–water partition coefficient (Wildman–Crippen LogP) is 2.90. The molecule has 1 aromatic carbocycles. The summed E-state index contributed by atoms with van der Waals surface area (Å²) in [7, 11) is 1.76. The SMILES string of the molecule is CN=C(NCC1(c2ccc(F)cc2)CC1)NC1CCN(C(=O)C(C)C)C1.I. The Bertz CT molecular complexity index is 673. The van der Waals surface area contributed by atoms with Gasteiger partial charge in [0.2, 0.25) is 5.91 Å². The summed E-state index contributed by atoms with van der Waals surface area (Å²) in [5.74, 6) is 0.820. The van der Waals surface area contributed by atoms with E-state index in [2.05, 4.69) is 15.6 Å². The Morgan fingerprint density at radius 1 is 1.33 bits per heavy atom. The van der Waals surface area contributed by atoms with Gasteiger partial charge in [0.25, 0.3) is 0 Å². The number of likely N-dealkylation sites (tertiary alicyclic amines) is 1. The first-order chi connectivity index (χ1) is 12.4. The zero-order valence-corrected chi connectivity index (χ0v) is 18.6. The van der Waals surface area contributed by atoms with E-state index in [9.17, 15) is 9.18 Å². The number of carbonyl (C=O) groups excluding carboxylic acids is 1. The van der Waals surface area contributed by atoms with Crippen LogP contribution >= 0.6 is 24.0 Å². The minimum atomic E-state index is -0.197. The molecule has 2 fully saturated rings. The molecule has 2 N–H and O–H groups in total. The molecule has 27 heavy (non-hydrogen) atoms. The van der Waals surface area contributed by atoms with Crippen LogP contribution in [0.25, 0.3) is 0 Å². The average Bonchev–Trinajstić information content (AvgIpc) is 3.28. The van der Waals surface area contributed by atoms with Gasteiger partial charge >= 0.3 is 0 Å². The third kappa shape index (κ3) is 5.33. The summed E-state index contributed by atoms with van der Waals surface area (Å²) in [6.45, 7) is 6.17. The van der Waals surface area contributed by atoms with Crippen LogP contribution in [0.4, 0.5) is 4.39 Å². The first-order valence-electron chi connectivity index (χ1n) is 9.45. The van der Waals surface area contributed by atoms with Gasteiger partial charge in [-0.2, -0.15) is 0 Å². The molecule has 7 heteroatoms. The molecule has 0 radical (unpaired) electrons. The van der Waals surface area contributed by atoms with E-state index in [1.54, 1.807) is 7.05 Å². The van der Waals surface area contributed by atoms with Crippen LogP contribution in [0.2, 0.25) is 0 Å². The molecule has 150 valence electrons. The smallest absolute Gasteiger partial charge is 0.225 e. The van der Waals surface area contributed by atoms with E-state index in [1.165, 1.54) is 17.7 Å². The van der Waals surface area contributed by atoms with Crippen molar-refractivity contribution in [2.45, 2.75) is 44.6 Å². The number of halogens is 2. The number of amides is 1. The standard InChI is InChI=1S/C20H29FN4O.HI/c1-14(2)18(26)25-11-8-17(12-25)24-19(22-3)23-13-20(9-10-20)15-4-6-16(21)7-5-15;/h4-7,14,17H,8-13H2,1-3H3,(H2,22,23,24);1H. The van der Waals surface area contributed by atoms with Gasteiger partial charge in [-0.1, -0.05) is 26.0 Å². The Morgan fingerprint density at radius 3 is 2.56 bits per heavy atom. The number of nitrogens with zero attached hydrogens (tertiary/aromatic N) is 2. The highest BCUT2D eigenvalue weighted by Gasteiger charge is 2.44. The Labute approximate surface area is 178 Å². The summed E-state index contributed by atoms with van der Waals surface area (Å²) in [5.41, 5.74) is 1.26. The second kappa shape index (κ2) is 9.21. The zero-order chi connectivity index (χ0) is 18.7. The second-order valence-electron chi connectivity index (χ2n) is 7.78. The molecule has 0 spiro atoms. The van der Waals surface area contributed by atoms with Crippen molar-refractivity contribution in [3.05, 3.63) is 35.6 Å². The van der Waals surface area contributed by atoms with Gasteiger partial charge in [-0.15, -0.1) is 24.0 Å². The van der Waals surface area contributed by atoms with Gasteiger partial charge in [0.05, 0.1) is 0 Å². The highest BCUT2D eigenvalue weighted by Crippen LogP contribution is 2.47. The minimum Gasteiger partial charge on any atom is -0.356 e. The van der Waals surface area contributed by atoms with Gasteiger partial charge < -0.3 is 15.5 Å². The summed E-state index contributed by atoms with van der Waals surface area (Å²) >= 11 is 0. The molecule has 1 saturated carbocycles. The Balaban J connectivity index is 0.00000261. The van der Waals surface area contributed by atoms with Crippen molar-refractivity contribution in [1.82, 2.24) is 15.5 Å². The molecule has 1 unspecified atom stereocenters. The number of hydrogen-bond acceptors (Lipinski definition) is 2. The van der Waals surface area contributed by atoms with Gasteiger partial charge in [-0.25, -0.2) is 4.39 Å². The molecule has 1 aliphatic carbocycles. The van der Waals surface area contributed by atoms with Crippen LogP contribution in [0.3, 0.4) is 0 Å². The summed E-state index contributed by atoms with van der Waals surface area (Å²) in [4.78, 5) is 18.4. The van der Waals surface area contributed by atoms with Crippen LogP contribution in [-0.2, 0) is 10.2 Å². The fraction of sp³-hybridized carbons (Fsp3) is 0.600. The first kappa shape index (κ1) is 21.9. The topological polar surface area (TPSA) is 56.7 Å². The van der Waals surface area contributed by atoms with Crippen LogP contribution < -0.4 is 10.6 Å². The van der Waals surface area contributed by atoms with Crippen molar-refractivity contribution in [1.29, 1.82) is 0 Å². The Morgan fingerprint density at radius 2 is 2.00 bits per heavy atom. The van der Waals surface area contributed by atoms with E-state index in [4.69, 9.17) is 0 Å². The van der Waals surface area contributed by atoms with Crippen LogP contribution in [0.15, 0.2) is 29.3 Å². The van der Waals surface area contributed by atoms with Gasteiger partial charge in [0.1, 0.15) is 5.82 Å². The maximum Gasteiger partial charge on any atom is 0.225 e. The van der Waals surface area contributed by atoms with E-state index < -0.39 is 0 Å². The van der Waals surface area contributed by atoms with Gasteiger partial charge in [0.15, 0.2) is 5.96 Å². The average molecular weight is 488 g/mol. The summed E-state index contributed by atoms with van der Waals surface area (Å²) in [6.07, 6.45) is 3.13. The second-order valence-corrected chi connectivity index (χ2v) is 7.78. The van der Waals surface area contributed by atoms with Crippen molar-refractivity contribution < 1.29 is 9.18 Å². The molecular formula is C20H30FIN4O. The monoisotopic (exact) mass is 488 g/mol. The van der Waals surface area contributed by atoms with Crippen molar-refractivity contribution in [2.75, 3.05) is 26.7 Å². The van der Waals surface area contributed by atoms with Crippen LogP contribution in [-0.4, -0.2) is 49.5 Å². The Kier molecular flexibility index (Phi) is 7.47. The fourth-order valence-electron chi connectivity index (χ4n) is 3.61. The lowest BCUT2D eigenvalue weighted by atomic mass is 9.96. The molecule has 5 nitrogen and oxygen atoms in total. The Hall–Kier alpha value is -1.38. The highest BCUT2D eigenvalue weighted by molar-refractivity contribution is 14.0. The third-order valence-electron chi connectivity index (χ3n) is 5.46. The molecule has 1 saturated heterocycles. The van der Waals surface area contributed by atoms with Gasteiger partial charge in [-0.3, -0.25) is 9.79 Å². The predicted molar refractivity (Wildman–Crippen MR) is 117 cm³/mol. The number of aliphatic imine (C=N–C) groups is 1. The van der Waals surface area contributed by atoms with Crippen LogP contribution in [0.1, 0.15) is 38.7 Å². The maximum absolute atomic E-state index is 13.2. The summed E-state index contributed by atoms with van der Waals surface area (Å²) in [5, 5.41) is 6.86. The van der Waals surface area contributed by atoms with Crippen molar-refractivity contribution >= 4 is 35.8 Å². The number of carbonyl (C=O) groups is 1. The fourth-order valence-corrected chi connectivity index (χ4v) is 3.61. The lowest BCUT2D eigenvalue weighted by molar-refractivity contribution is -0.133. The molecule has 1 amide bonds. The van der Waals surface area contributed by atoms with Crippen molar-refractivity contribution in [3.8, 4) is 0 Å². The van der Waals surface area contributed by atoms with E-state index in [0.717, 1.165) is 44.9 Å². The molecule has 0 bridgehead atoms. The van der Waals surface area contributed by atoms with Crippen LogP contribution in [0.5, 0.6) is 0 Å². The molecule has 3 rings (SSSR count). The lowest BCUT2D eigenvalue weighted by Gasteiger charge is -2.22. The van der Waals surface area contributed by atoms with Crippen molar-refractivity contribution in [2.24, 2.45) is 10.9 Å². The first-order valence-corrected chi connectivity index (χ1v) is 9.45. The third-order valence-corrected chi connectivity index (χ3v) is 5.46. The van der Waals surface area contributed by atoms with Gasteiger partial charge in [-0.05, 0) is 37.0 Å². The molecule has 1 aliphatic heterocycles. The highest BCUT2D eigenvalue weighted by atomic mass is 127. The molecule has 1 heterocycles. The molecule has 1 atom stereocenters. The number of hydrogen-bond donors (Lipinski definition) is 2. The molecule has 2 aliphatic rings. The van der Waals surface area contributed by atoms with E-state index in [1.807, 2.05) is 30.9 Å². The molecule has 0 aromatic heterocycles. The number of benzene rings is 1. The van der Waals surface area contributed by atoms with Crippen molar-refractivity contribution in [3.63, 3.8) is 0 Å². The minimum absolute atomic E-state index is 0. The molecular weight excluding hydrogens is 458 g/mol. The maximum atomic E-state index is 13.2. The normalized spacial score (nSPS) is 21.0. The lowest BCUT2D eigenvalue weighted by Crippen LogP contribution is -2.47. The largest absolute Gasteiger partial charge is 0.356 e. The summed E-state index contributed by atoms with van der Waals surface area (Å²) < 4.78 is 13.2. The van der Waals surface area contributed by atoms with E-state index >= 15 is 0 Å². The van der Waals surface area contributed by atoms with Crippen LogP contribution in [0, 0.1) is 11.7 Å². The molecule has 1 aromatic rings. The number of nitrogens with one attached hydrogen (secondary N) is 2. The number of rotatable bonds is 5. The van der Waals surface area contributed by atoms with Gasteiger partial charge in [0, 0.05) is 44.1 Å². The zero-order valence-electron chi connectivity index (χ0n) is 16.3. The van der Waals surface area contributed by atoms with E-state index in [0.29, 0.717) is 0 Å². The number of guanidine groups is 1.